The quantitative estimate of drug-likeness (QED) is 0.520. The van der Waals surface area contributed by atoms with E-state index in [1.54, 1.807) is 35.7 Å². The molecule has 2 aromatic heterocycles. The maximum Gasteiger partial charge on any atom is 0.273 e. The molecule has 8 nitrogen and oxygen atoms in total. The second-order valence-electron chi connectivity index (χ2n) is 10.9. The van der Waals surface area contributed by atoms with Crippen LogP contribution in [0, 0.1) is 5.82 Å². The predicted octanol–water partition coefficient (Wildman–Crippen LogP) is 4.66. The fourth-order valence-corrected chi connectivity index (χ4v) is 5.40. The summed E-state index contributed by atoms with van der Waals surface area (Å²) in [4.78, 5) is 35.1. The number of amides is 2. The van der Waals surface area contributed by atoms with E-state index in [-0.39, 0.29) is 47.1 Å². The minimum atomic E-state index is -1.05. The summed E-state index contributed by atoms with van der Waals surface area (Å²) < 4.78 is 15.9. The van der Waals surface area contributed by atoms with Gasteiger partial charge in [0.1, 0.15) is 17.1 Å². The van der Waals surface area contributed by atoms with Gasteiger partial charge in [-0.05, 0) is 64.4 Å². The number of rotatable bonds is 4. The molecule has 2 amide bonds. The fourth-order valence-electron chi connectivity index (χ4n) is 5.28. The lowest BCUT2D eigenvalue weighted by molar-refractivity contribution is 0.0572. The summed E-state index contributed by atoms with van der Waals surface area (Å²) in [7, 11) is 0. The van der Waals surface area contributed by atoms with E-state index in [0.717, 1.165) is 22.9 Å². The van der Waals surface area contributed by atoms with Crippen molar-refractivity contribution in [2.45, 2.75) is 71.3 Å². The smallest absolute Gasteiger partial charge is 0.273 e. The van der Waals surface area contributed by atoms with E-state index in [4.69, 9.17) is 16.7 Å². The first-order chi connectivity index (χ1) is 17.9. The van der Waals surface area contributed by atoms with Crippen molar-refractivity contribution in [3.05, 3.63) is 81.1 Å². The van der Waals surface area contributed by atoms with E-state index >= 15 is 0 Å². The molecule has 3 aromatic rings. The lowest BCUT2D eigenvalue weighted by atomic mass is 9.96. The molecule has 0 radical (unpaired) electrons. The third-order valence-corrected chi connectivity index (χ3v) is 7.88. The third-order valence-electron chi connectivity index (χ3n) is 7.57. The first-order valence-corrected chi connectivity index (χ1v) is 13.1. The minimum Gasteiger partial charge on any atom is -0.384 e. The van der Waals surface area contributed by atoms with Crippen molar-refractivity contribution < 1.29 is 19.1 Å². The van der Waals surface area contributed by atoms with Crippen LogP contribution in [0.1, 0.15) is 90.1 Å². The van der Waals surface area contributed by atoms with Gasteiger partial charge >= 0.3 is 0 Å². The van der Waals surface area contributed by atoms with Crippen LogP contribution in [0.25, 0.3) is 0 Å². The number of aliphatic hydroxyl groups is 1. The molecule has 0 aliphatic carbocycles. The van der Waals surface area contributed by atoms with Gasteiger partial charge in [-0.1, -0.05) is 17.7 Å². The maximum absolute atomic E-state index is 14.1. The summed E-state index contributed by atoms with van der Waals surface area (Å²) in [6.45, 7) is 9.94. The normalized spacial score (nSPS) is 20.3. The number of fused-ring (bicyclic) bond motifs is 3. The first kappa shape index (κ1) is 26.3. The number of carbonyl (C=O) groups is 2. The standard InChI is InChI=1S/C28H31ClFN5O3/c1-15-10-23-20(14-33(15)26(36)18-6-8-21(29)22(30)11-18)25-27(37)34(13-16(2)35(25)32-23)17(3)19-7-9-24(31-12-19)28(4,5)38/h6-9,11-12,15-17,38H,10,13-14H2,1-5H3/t15-,16-,17-/m1/s1. The molecule has 4 heterocycles. The van der Waals surface area contributed by atoms with Gasteiger partial charge in [0.05, 0.1) is 35.0 Å². The summed E-state index contributed by atoms with van der Waals surface area (Å²) in [5.41, 5.74) is 2.59. The highest BCUT2D eigenvalue weighted by molar-refractivity contribution is 6.30. The van der Waals surface area contributed by atoms with Crippen LogP contribution < -0.4 is 0 Å². The third kappa shape index (κ3) is 4.47. The van der Waals surface area contributed by atoms with Gasteiger partial charge in [0, 0.05) is 36.3 Å². The Morgan fingerprint density at radius 1 is 1.21 bits per heavy atom. The second kappa shape index (κ2) is 9.47. The molecular formula is C28H31ClFN5O3. The van der Waals surface area contributed by atoms with Crippen molar-refractivity contribution in [2.75, 3.05) is 6.54 Å². The largest absolute Gasteiger partial charge is 0.384 e. The summed E-state index contributed by atoms with van der Waals surface area (Å²) >= 11 is 5.80. The molecule has 0 saturated heterocycles. The van der Waals surface area contributed by atoms with Gasteiger partial charge in [0.15, 0.2) is 0 Å². The number of hydrogen-bond donors (Lipinski definition) is 1. The Labute approximate surface area is 226 Å². The Morgan fingerprint density at radius 3 is 2.58 bits per heavy atom. The van der Waals surface area contributed by atoms with Crippen LogP contribution in [0.15, 0.2) is 36.5 Å². The van der Waals surface area contributed by atoms with Crippen molar-refractivity contribution >= 4 is 23.4 Å². The van der Waals surface area contributed by atoms with Crippen molar-refractivity contribution in [2.24, 2.45) is 0 Å². The second-order valence-corrected chi connectivity index (χ2v) is 11.3. The number of halogens is 2. The van der Waals surface area contributed by atoms with Crippen LogP contribution in [-0.2, 0) is 18.6 Å². The van der Waals surface area contributed by atoms with Crippen LogP contribution in [0.4, 0.5) is 4.39 Å². The highest BCUT2D eigenvalue weighted by Crippen LogP contribution is 2.35. The van der Waals surface area contributed by atoms with Crippen LogP contribution in [-0.4, -0.2) is 54.1 Å². The fraction of sp³-hybridized carbons (Fsp3) is 0.429. The van der Waals surface area contributed by atoms with E-state index < -0.39 is 11.4 Å². The molecule has 10 heteroatoms. The number of hydrogen-bond acceptors (Lipinski definition) is 5. The van der Waals surface area contributed by atoms with E-state index in [9.17, 15) is 19.1 Å². The molecule has 38 heavy (non-hydrogen) atoms. The van der Waals surface area contributed by atoms with Gasteiger partial charge in [-0.25, -0.2) is 4.39 Å². The van der Waals surface area contributed by atoms with Crippen LogP contribution in [0.3, 0.4) is 0 Å². The molecule has 0 fully saturated rings. The summed E-state index contributed by atoms with van der Waals surface area (Å²) in [6, 6.07) is 7.20. The van der Waals surface area contributed by atoms with Gasteiger partial charge in [-0.2, -0.15) is 5.10 Å². The molecule has 0 bridgehead atoms. The first-order valence-electron chi connectivity index (χ1n) is 12.7. The van der Waals surface area contributed by atoms with Gasteiger partial charge in [-0.15, -0.1) is 0 Å². The molecule has 200 valence electrons. The SMILES string of the molecule is C[C@@H]1Cc2nn3c(c2CN1C(=O)c1ccc(Cl)c(F)c1)C(=O)N([C@H](C)c1ccc(C(C)(C)O)nc1)C[C@H]3C. The van der Waals surface area contributed by atoms with E-state index in [2.05, 4.69) is 4.98 Å². The average Bonchev–Trinajstić information content (AvgIpc) is 3.25. The molecular weight excluding hydrogens is 509 g/mol. The molecule has 2 aliphatic rings. The predicted molar refractivity (Wildman–Crippen MR) is 140 cm³/mol. The Hall–Kier alpha value is -3.30. The zero-order valence-corrected chi connectivity index (χ0v) is 22.8. The van der Waals surface area contributed by atoms with Crippen LogP contribution in [0.2, 0.25) is 5.02 Å². The van der Waals surface area contributed by atoms with Crippen molar-refractivity contribution in [1.82, 2.24) is 24.6 Å². The van der Waals surface area contributed by atoms with Gasteiger partial charge in [-0.3, -0.25) is 19.3 Å². The Bertz CT molecular complexity index is 1420. The molecule has 3 atom stereocenters. The molecule has 2 aliphatic heterocycles. The zero-order chi connectivity index (χ0) is 27.5. The summed E-state index contributed by atoms with van der Waals surface area (Å²) in [6.07, 6.45) is 2.19. The Morgan fingerprint density at radius 2 is 1.95 bits per heavy atom. The lowest BCUT2D eigenvalue weighted by Crippen LogP contribution is -2.45. The monoisotopic (exact) mass is 539 g/mol. The molecule has 5 rings (SSSR count). The average molecular weight is 540 g/mol. The highest BCUT2D eigenvalue weighted by Gasteiger charge is 2.40. The zero-order valence-electron chi connectivity index (χ0n) is 22.1. The van der Waals surface area contributed by atoms with Crippen molar-refractivity contribution in [1.29, 1.82) is 0 Å². The molecule has 0 saturated carbocycles. The molecule has 0 unspecified atom stereocenters. The van der Waals surface area contributed by atoms with Crippen LogP contribution in [0.5, 0.6) is 0 Å². The topological polar surface area (TPSA) is 91.6 Å². The maximum atomic E-state index is 14.1. The number of benzene rings is 1. The molecule has 0 spiro atoms. The number of carbonyl (C=O) groups excluding carboxylic acids is 2. The number of pyridine rings is 1. The van der Waals surface area contributed by atoms with Crippen molar-refractivity contribution in [3.8, 4) is 0 Å². The summed E-state index contributed by atoms with van der Waals surface area (Å²) in [5, 5.41) is 15.0. The van der Waals surface area contributed by atoms with E-state index in [1.807, 2.05) is 31.7 Å². The van der Waals surface area contributed by atoms with Gasteiger partial charge < -0.3 is 14.9 Å². The highest BCUT2D eigenvalue weighted by atomic mass is 35.5. The van der Waals surface area contributed by atoms with Gasteiger partial charge in [0.25, 0.3) is 11.8 Å². The van der Waals surface area contributed by atoms with Gasteiger partial charge in [0.2, 0.25) is 0 Å². The van der Waals surface area contributed by atoms with Crippen molar-refractivity contribution in [3.63, 3.8) is 0 Å². The Balaban J connectivity index is 1.45. The number of aromatic nitrogens is 3. The summed E-state index contributed by atoms with van der Waals surface area (Å²) in [5.74, 6) is -1.13. The molecule has 1 aromatic carbocycles. The Kier molecular flexibility index (Phi) is 6.55. The minimum absolute atomic E-state index is 0.0417. The van der Waals surface area contributed by atoms with E-state index in [0.29, 0.717) is 24.4 Å². The lowest BCUT2D eigenvalue weighted by Gasteiger charge is -2.37. The van der Waals surface area contributed by atoms with Crippen LogP contribution >= 0.6 is 11.6 Å². The number of nitrogens with zero attached hydrogens (tertiary/aromatic N) is 5. The molecule has 1 N–H and O–H groups in total. The van der Waals surface area contributed by atoms with E-state index in [1.165, 1.54) is 12.1 Å².